The molecule has 2 atom stereocenters. The van der Waals surface area contributed by atoms with E-state index in [-0.39, 0.29) is 17.7 Å². The van der Waals surface area contributed by atoms with E-state index in [2.05, 4.69) is 16.7 Å². The second-order valence-electron chi connectivity index (χ2n) is 6.40. The van der Waals surface area contributed by atoms with Gasteiger partial charge >= 0.3 is 0 Å². The summed E-state index contributed by atoms with van der Waals surface area (Å²) in [6, 6.07) is 14.9. The van der Waals surface area contributed by atoms with E-state index in [0.717, 1.165) is 17.7 Å². The van der Waals surface area contributed by atoms with Gasteiger partial charge in [-0.25, -0.2) is 0 Å². The maximum atomic E-state index is 12.4. The van der Waals surface area contributed by atoms with Gasteiger partial charge in [-0.2, -0.15) is 0 Å². The fraction of sp³-hybridized carbons (Fsp3) is 0.300. The normalized spacial score (nSPS) is 17.0. The van der Waals surface area contributed by atoms with Crippen LogP contribution < -0.4 is 10.6 Å². The highest BCUT2D eigenvalue weighted by atomic mass is 35.5. The first-order valence-corrected chi connectivity index (χ1v) is 8.76. The van der Waals surface area contributed by atoms with E-state index in [1.807, 2.05) is 30.3 Å². The summed E-state index contributed by atoms with van der Waals surface area (Å²) in [4.78, 5) is 24.4. The maximum absolute atomic E-state index is 12.4. The van der Waals surface area contributed by atoms with Gasteiger partial charge in [-0.1, -0.05) is 48.0 Å². The number of carbonyl (C=O) groups excluding carboxylic acids is 2. The Morgan fingerprint density at radius 2 is 1.92 bits per heavy atom. The number of hydrogen-bond acceptors (Lipinski definition) is 3. The maximum Gasteiger partial charge on any atom is 0.222 e. The highest BCUT2D eigenvalue weighted by molar-refractivity contribution is 6.30. The van der Waals surface area contributed by atoms with E-state index in [0.29, 0.717) is 17.9 Å². The number of amides is 1. The van der Waals surface area contributed by atoms with Crippen LogP contribution in [0, 0.1) is 0 Å². The van der Waals surface area contributed by atoms with Crippen LogP contribution in [0.15, 0.2) is 48.5 Å². The van der Waals surface area contributed by atoms with Crippen LogP contribution in [0.4, 0.5) is 0 Å². The molecule has 3 rings (SSSR count). The van der Waals surface area contributed by atoms with E-state index in [1.165, 1.54) is 12.5 Å². The second-order valence-corrected chi connectivity index (χ2v) is 6.83. The van der Waals surface area contributed by atoms with Crippen molar-refractivity contribution < 1.29 is 9.59 Å². The van der Waals surface area contributed by atoms with Crippen LogP contribution in [0.1, 0.15) is 36.1 Å². The molecule has 1 aliphatic rings. The first kappa shape index (κ1) is 17.6. The molecule has 130 valence electrons. The highest BCUT2D eigenvalue weighted by Crippen LogP contribution is 2.27. The van der Waals surface area contributed by atoms with Crippen LogP contribution in [-0.4, -0.2) is 17.7 Å². The number of hydrogen-bond donors (Lipinski definition) is 2. The van der Waals surface area contributed by atoms with Gasteiger partial charge in [-0.05, 0) is 42.2 Å². The van der Waals surface area contributed by atoms with Gasteiger partial charge in [-0.15, -0.1) is 0 Å². The van der Waals surface area contributed by atoms with Crippen LogP contribution in [0.3, 0.4) is 0 Å². The minimum absolute atomic E-state index is 0.000611. The zero-order valence-corrected chi connectivity index (χ0v) is 14.8. The molecule has 0 aliphatic carbocycles. The Labute approximate surface area is 152 Å². The van der Waals surface area contributed by atoms with Crippen LogP contribution >= 0.6 is 11.6 Å². The molecule has 4 nitrogen and oxygen atoms in total. The van der Waals surface area contributed by atoms with Crippen molar-refractivity contribution in [3.05, 3.63) is 70.2 Å². The number of ketones is 1. The third-order valence-corrected chi connectivity index (χ3v) is 4.79. The molecule has 2 N–H and O–H groups in total. The van der Waals surface area contributed by atoms with Gasteiger partial charge < -0.3 is 10.6 Å². The number of Topliss-reactive ketones (excluding diaryl/α,β-unsaturated/α-hetero) is 1. The van der Waals surface area contributed by atoms with E-state index < -0.39 is 6.04 Å². The summed E-state index contributed by atoms with van der Waals surface area (Å²) in [5.74, 6) is -0.175. The molecular weight excluding hydrogens is 336 g/mol. The second kappa shape index (κ2) is 7.81. The Balaban J connectivity index is 1.61. The number of fused-ring (bicyclic) bond motifs is 1. The van der Waals surface area contributed by atoms with Crippen LogP contribution in [0.5, 0.6) is 0 Å². The smallest absolute Gasteiger partial charge is 0.222 e. The molecule has 1 amide bonds. The summed E-state index contributed by atoms with van der Waals surface area (Å²) in [6.45, 7) is 2.28. The van der Waals surface area contributed by atoms with Crippen molar-refractivity contribution in [1.29, 1.82) is 0 Å². The van der Waals surface area contributed by atoms with E-state index in [4.69, 9.17) is 11.6 Å². The SMILES string of the molecule is CC(=O)[C@@H](Cc1ccc(Cl)cc1)NC(=O)CC1NCc2ccccc21. The number of carbonyl (C=O) groups is 2. The average molecular weight is 357 g/mol. The third kappa shape index (κ3) is 4.47. The molecule has 2 aromatic carbocycles. The molecule has 0 radical (unpaired) electrons. The molecule has 25 heavy (non-hydrogen) atoms. The van der Waals surface area contributed by atoms with Crippen molar-refractivity contribution in [3.8, 4) is 0 Å². The Morgan fingerprint density at radius 3 is 2.64 bits per heavy atom. The predicted molar refractivity (Wildman–Crippen MR) is 98.4 cm³/mol. The van der Waals surface area contributed by atoms with Crippen molar-refractivity contribution in [3.63, 3.8) is 0 Å². The van der Waals surface area contributed by atoms with Gasteiger partial charge in [0.2, 0.25) is 5.91 Å². The van der Waals surface area contributed by atoms with Gasteiger partial charge in [0.1, 0.15) is 0 Å². The fourth-order valence-electron chi connectivity index (χ4n) is 3.15. The Morgan fingerprint density at radius 1 is 1.20 bits per heavy atom. The first-order chi connectivity index (χ1) is 12.0. The summed E-state index contributed by atoms with van der Waals surface area (Å²) in [5.41, 5.74) is 3.36. The first-order valence-electron chi connectivity index (χ1n) is 8.38. The van der Waals surface area contributed by atoms with Gasteiger partial charge in [0, 0.05) is 24.0 Å². The van der Waals surface area contributed by atoms with E-state index in [1.54, 1.807) is 12.1 Å². The molecule has 5 heteroatoms. The molecular formula is C20H21ClN2O2. The monoisotopic (exact) mass is 356 g/mol. The standard InChI is InChI=1S/C20H21ClN2O2/c1-13(24)18(10-14-6-8-16(21)9-7-14)23-20(25)11-19-17-5-3-2-4-15(17)12-22-19/h2-9,18-19,22H,10-12H2,1H3,(H,23,25)/t18-,19?/m1/s1. The number of rotatable bonds is 6. The molecule has 1 aliphatic heterocycles. The number of nitrogens with one attached hydrogen (secondary N) is 2. The van der Waals surface area contributed by atoms with Crippen molar-refractivity contribution in [2.45, 2.75) is 38.4 Å². The van der Waals surface area contributed by atoms with E-state index >= 15 is 0 Å². The lowest BCUT2D eigenvalue weighted by Crippen LogP contribution is -2.42. The van der Waals surface area contributed by atoms with Gasteiger partial charge in [-0.3, -0.25) is 9.59 Å². The fourth-order valence-corrected chi connectivity index (χ4v) is 3.28. The van der Waals surface area contributed by atoms with Crippen molar-refractivity contribution in [2.24, 2.45) is 0 Å². The van der Waals surface area contributed by atoms with Crippen LogP contribution in [-0.2, 0) is 22.6 Å². The minimum atomic E-state index is -0.523. The lowest BCUT2D eigenvalue weighted by Gasteiger charge is -2.18. The van der Waals surface area contributed by atoms with Gasteiger partial charge in [0.05, 0.1) is 6.04 Å². The Bertz CT molecular complexity index is 774. The molecule has 0 aromatic heterocycles. The molecule has 0 fully saturated rings. The van der Waals surface area contributed by atoms with Crippen LogP contribution in [0.2, 0.25) is 5.02 Å². The Hall–Kier alpha value is -2.17. The molecule has 0 spiro atoms. The third-order valence-electron chi connectivity index (χ3n) is 4.54. The zero-order chi connectivity index (χ0) is 17.8. The lowest BCUT2D eigenvalue weighted by atomic mass is 10.0. The summed E-state index contributed by atoms with van der Waals surface area (Å²) in [7, 11) is 0. The zero-order valence-electron chi connectivity index (χ0n) is 14.1. The molecule has 2 aromatic rings. The molecule has 1 heterocycles. The highest BCUT2D eigenvalue weighted by Gasteiger charge is 2.25. The summed E-state index contributed by atoms with van der Waals surface area (Å²) in [6.07, 6.45) is 0.786. The largest absolute Gasteiger partial charge is 0.346 e. The van der Waals surface area contributed by atoms with Crippen LogP contribution in [0.25, 0.3) is 0 Å². The van der Waals surface area contributed by atoms with Gasteiger partial charge in [0.15, 0.2) is 5.78 Å². The lowest BCUT2D eigenvalue weighted by molar-refractivity contribution is -0.127. The predicted octanol–water partition coefficient (Wildman–Crippen LogP) is 3.19. The van der Waals surface area contributed by atoms with Crippen molar-refractivity contribution in [1.82, 2.24) is 10.6 Å². The molecule has 1 unspecified atom stereocenters. The minimum Gasteiger partial charge on any atom is -0.346 e. The quantitative estimate of drug-likeness (QED) is 0.835. The molecule has 0 saturated heterocycles. The molecule has 0 saturated carbocycles. The van der Waals surface area contributed by atoms with Crippen molar-refractivity contribution >= 4 is 23.3 Å². The molecule has 0 bridgehead atoms. The number of benzene rings is 2. The summed E-state index contributed by atoms with van der Waals surface area (Å²) in [5, 5.41) is 6.88. The summed E-state index contributed by atoms with van der Waals surface area (Å²) < 4.78 is 0. The Kier molecular flexibility index (Phi) is 5.51. The topological polar surface area (TPSA) is 58.2 Å². The average Bonchev–Trinajstić information content (AvgIpc) is 2.99. The van der Waals surface area contributed by atoms with Crippen molar-refractivity contribution in [2.75, 3.05) is 0 Å². The summed E-state index contributed by atoms with van der Waals surface area (Å²) >= 11 is 5.89. The number of halogens is 1. The van der Waals surface area contributed by atoms with E-state index in [9.17, 15) is 9.59 Å². The van der Waals surface area contributed by atoms with Gasteiger partial charge in [0.25, 0.3) is 0 Å².